The van der Waals surface area contributed by atoms with Crippen molar-refractivity contribution in [1.29, 1.82) is 0 Å². The predicted molar refractivity (Wildman–Crippen MR) is 132 cm³/mol. The van der Waals surface area contributed by atoms with E-state index in [0.717, 1.165) is 21.4 Å². The number of aliphatic carboxylic acids is 1. The van der Waals surface area contributed by atoms with Gasteiger partial charge in [0.15, 0.2) is 0 Å². The SMILES string of the molecule is Cc1ccc(Cn2c(Nc3ccc(OCC4CC4)cc3)nc(=O)n([C@H](C)[C@H](C)C(=O)O)c2=O)cc1. The lowest BCUT2D eigenvalue weighted by molar-refractivity contribution is -0.142. The first-order chi connectivity index (χ1) is 16.7. The van der Waals surface area contributed by atoms with E-state index in [0.29, 0.717) is 18.2 Å². The van der Waals surface area contributed by atoms with Crippen molar-refractivity contribution in [3.8, 4) is 5.75 Å². The van der Waals surface area contributed by atoms with Crippen molar-refractivity contribution < 1.29 is 14.6 Å². The second kappa shape index (κ2) is 10.2. The molecule has 0 bridgehead atoms. The predicted octanol–water partition coefficient (Wildman–Crippen LogP) is 3.58. The first-order valence-electron chi connectivity index (χ1n) is 11.7. The average Bonchev–Trinajstić information content (AvgIpc) is 3.66. The molecule has 9 nitrogen and oxygen atoms in total. The maximum Gasteiger partial charge on any atom is 0.355 e. The number of benzene rings is 2. The van der Waals surface area contributed by atoms with Crippen LogP contribution < -0.4 is 21.4 Å². The van der Waals surface area contributed by atoms with Gasteiger partial charge in [0.1, 0.15) is 5.75 Å². The smallest absolute Gasteiger partial charge is 0.355 e. The van der Waals surface area contributed by atoms with Crippen LogP contribution in [0.4, 0.5) is 11.6 Å². The van der Waals surface area contributed by atoms with Crippen LogP contribution in [0.5, 0.6) is 5.75 Å². The van der Waals surface area contributed by atoms with E-state index in [-0.39, 0.29) is 12.5 Å². The van der Waals surface area contributed by atoms with E-state index >= 15 is 0 Å². The molecule has 3 aromatic rings. The molecule has 0 aliphatic heterocycles. The molecule has 0 saturated heterocycles. The van der Waals surface area contributed by atoms with Gasteiger partial charge in [0, 0.05) is 5.69 Å². The Bertz CT molecular complexity index is 1310. The number of carboxylic acids is 1. The summed E-state index contributed by atoms with van der Waals surface area (Å²) in [5.41, 5.74) is 1.13. The molecule has 0 unspecified atom stereocenters. The zero-order valence-corrected chi connectivity index (χ0v) is 20.1. The van der Waals surface area contributed by atoms with E-state index in [1.54, 1.807) is 12.1 Å². The van der Waals surface area contributed by atoms with Crippen LogP contribution in [0.3, 0.4) is 0 Å². The van der Waals surface area contributed by atoms with Gasteiger partial charge in [-0.15, -0.1) is 0 Å². The molecule has 35 heavy (non-hydrogen) atoms. The van der Waals surface area contributed by atoms with Crippen molar-refractivity contribution in [3.05, 3.63) is 80.6 Å². The Morgan fingerprint density at radius 1 is 1.11 bits per heavy atom. The van der Waals surface area contributed by atoms with Crippen LogP contribution in [0.25, 0.3) is 0 Å². The molecular formula is C26H30N4O5. The molecule has 1 fully saturated rings. The highest BCUT2D eigenvalue weighted by molar-refractivity contribution is 5.70. The van der Waals surface area contributed by atoms with Crippen LogP contribution in [-0.2, 0) is 11.3 Å². The Hall–Kier alpha value is -3.88. The monoisotopic (exact) mass is 478 g/mol. The van der Waals surface area contributed by atoms with Gasteiger partial charge in [0.2, 0.25) is 5.95 Å². The van der Waals surface area contributed by atoms with Gasteiger partial charge in [-0.3, -0.25) is 9.36 Å². The van der Waals surface area contributed by atoms with E-state index in [9.17, 15) is 19.5 Å². The Morgan fingerprint density at radius 2 is 1.77 bits per heavy atom. The van der Waals surface area contributed by atoms with Crippen LogP contribution >= 0.6 is 0 Å². The van der Waals surface area contributed by atoms with Crippen molar-refractivity contribution in [1.82, 2.24) is 14.1 Å². The van der Waals surface area contributed by atoms with Crippen LogP contribution in [0.1, 0.15) is 43.9 Å². The maximum atomic E-state index is 13.5. The van der Waals surface area contributed by atoms with Crippen LogP contribution in [0.2, 0.25) is 0 Å². The molecule has 1 aliphatic rings. The molecule has 184 valence electrons. The highest BCUT2D eigenvalue weighted by Gasteiger charge is 2.26. The molecule has 9 heteroatoms. The lowest BCUT2D eigenvalue weighted by Crippen LogP contribution is -2.46. The number of ether oxygens (including phenoxy) is 1. The third kappa shape index (κ3) is 5.79. The first kappa shape index (κ1) is 24.3. The topological polar surface area (TPSA) is 115 Å². The summed E-state index contributed by atoms with van der Waals surface area (Å²) in [4.78, 5) is 42.0. The molecule has 0 spiro atoms. The maximum absolute atomic E-state index is 13.5. The third-order valence-corrected chi connectivity index (χ3v) is 6.38. The Morgan fingerprint density at radius 3 is 2.37 bits per heavy atom. The molecule has 1 aromatic heterocycles. The number of nitrogens with one attached hydrogen (secondary N) is 1. The number of nitrogens with zero attached hydrogens (tertiary/aromatic N) is 3. The number of aromatic nitrogens is 3. The standard InChI is InChI=1S/C26H30N4O5/c1-16-4-6-19(7-5-16)14-29-24(27-21-10-12-22(13-11-21)35-15-20-8-9-20)28-25(33)30(26(29)34)18(3)17(2)23(31)32/h4-7,10-13,17-18,20H,8-9,14-15H2,1-3H3,(H,31,32)(H,27,28,33)/t17-,18+/m0/s1. The second-order valence-corrected chi connectivity index (χ2v) is 9.21. The summed E-state index contributed by atoms with van der Waals surface area (Å²) in [6, 6.07) is 14.0. The van der Waals surface area contributed by atoms with Crippen LogP contribution in [-0.4, -0.2) is 31.8 Å². The molecule has 4 rings (SSSR count). The molecule has 2 N–H and O–H groups in total. The summed E-state index contributed by atoms with van der Waals surface area (Å²) in [6.07, 6.45) is 2.42. The van der Waals surface area contributed by atoms with Crippen LogP contribution in [0.15, 0.2) is 58.1 Å². The summed E-state index contributed by atoms with van der Waals surface area (Å²) < 4.78 is 8.04. The number of hydrogen-bond acceptors (Lipinski definition) is 6. The minimum atomic E-state index is -1.10. The fraction of sp³-hybridized carbons (Fsp3) is 0.385. The van der Waals surface area contributed by atoms with Crippen molar-refractivity contribution in [2.75, 3.05) is 11.9 Å². The minimum absolute atomic E-state index is 0.0821. The highest BCUT2D eigenvalue weighted by Crippen LogP contribution is 2.30. The van der Waals surface area contributed by atoms with Gasteiger partial charge in [0.05, 0.1) is 25.1 Å². The first-order valence-corrected chi connectivity index (χ1v) is 11.7. The quantitative estimate of drug-likeness (QED) is 0.458. The van der Waals surface area contributed by atoms with Crippen LogP contribution in [0, 0.1) is 18.8 Å². The number of anilines is 2. The van der Waals surface area contributed by atoms with Gasteiger partial charge < -0.3 is 15.2 Å². The average molecular weight is 479 g/mol. The molecule has 1 heterocycles. The Balaban J connectivity index is 1.69. The van der Waals surface area contributed by atoms with E-state index in [1.165, 1.54) is 31.3 Å². The van der Waals surface area contributed by atoms with Gasteiger partial charge >= 0.3 is 17.3 Å². The van der Waals surface area contributed by atoms with Gasteiger partial charge in [-0.25, -0.2) is 14.2 Å². The molecule has 1 saturated carbocycles. The normalized spacial score (nSPS) is 14.8. The molecule has 0 radical (unpaired) electrons. The second-order valence-electron chi connectivity index (χ2n) is 9.21. The summed E-state index contributed by atoms with van der Waals surface area (Å²) >= 11 is 0. The van der Waals surface area contributed by atoms with Gasteiger partial charge in [-0.1, -0.05) is 29.8 Å². The van der Waals surface area contributed by atoms with Gasteiger partial charge in [-0.2, -0.15) is 4.98 Å². The van der Waals surface area contributed by atoms with E-state index in [1.807, 2.05) is 43.3 Å². The largest absolute Gasteiger partial charge is 0.493 e. The zero-order valence-electron chi connectivity index (χ0n) is 20.1. The number of hydrogen-bond donors (Lipinski definition) is 2. The van der Waals surface area contributed by atoms with Gasteiger partial charge in [-0.05, 0) is 69.4 Å². The number of rotatable bonds is 10. The molecule has 0 amide bonds. The van der Waals surface area contributed by atoms with Crippen molar-refractivity contribution in [2.45, 2.75) is 46.2 Å². The lowest BCUT2D eigenvalue weighted by atomic mass is 10.0. The summed E-state index contributed by atoms with van der Waals surface area (Å²) in [6.45, 7) is 5.83. The number of carboxylic acid groups (broad SMARTS) is 1. The fourth-order valence-corrected chi connectivity index (χ4v) is 3.66. The van der Waals surface area contributed by atoms with Crippen molar-refractivity contribution >= 4 is 17.6 Å². The van der Waals surface area contributed by atoms with Gasteiger partial charge in [0.25, 0.3) is 0 Å². The molecule has 2 atom stereocenters. The molecule has 2 aromatic carbocycles. The molecule has 1 aliphatic carbocycles. The molecular weight excluding hydrogens is 448 g/mol. The zero-order chi connectivity index (χ0) is 25.1. The summed E-state index contributed by atoms with van der Waals surface area (Å²) in [5, 5.41) is 12.5. The van der Waals surface area contributed by atoms with Crippen molar-refractivity contribution in [3.63, 3.8) is 0 Å². The lowest BCUT2D eigenvalue weighted by Gasteiger charge is -2.21. The summed E-state index contributed by atoms with van der Waals surface area (Å²) in [7, 11) is 0. The number of carbonyl (C=O) groups is 1. The van der Waals surface area contributed by atoms with E-state index < -0.39 is 29.3 Å². The summed E-state index contributed by atoms with van der Waals surface area (Å²) in [5.74, 6) is -0.568. The number of aryl methyl sites for hydroxylation is 1. The minimum Gasteiger partial charge on any atom is -0.493 e. The van der Waals surface area contributed by atoms with E-state index in [2.05, 4.69) is 10.3 Å². The highest BCUT2D eigenvalue weighted by atomic mass is 16.5. The van der Waals surface area contributed by atoms with E-state index in [4.69, 9.17) is 4.74 Å². The van der Waals surface area contributed by atoms with Crippen molar-refractivity contribution in [2.24, 2.45) is 11.8 Å². The Labute approximate surface area is 203 Å². The Kier molecular flexibility index (Phi) is 7.04. The third-order valence-electron chi connectivity index (χ3n) is 6.38. The fourth-order valence-electron chi connectivity index (χ4n) is 3.66.